The van der Waals surface area contributed by atoms with E-state index in [0.29, 0.717) is 34.8 Å². The van der Waals surface area contributed by atoms with Crippen molar-refractivity contribution in [3.05, 3.63) is 61.0 Å². The number of benzene rings is 2. The van der Waals surface area contributed by atoms with E-state index in [0.717, 1.165) is 14.5 Å². The molecule has 0 unspecified atom stereocenters. The number of rotatable bonds is 6. The molecule has 0 aliphatic rings. The van der Waals surface area contributed by atoms with Crippen LogP contribution in [0.25, 0.3) is 10.9 Å². The Balaban J connectivity index is 2.05. The number of nitrogens with zero attached hydrogens (tertiary/aromatic N) is 3. The van der Waals surface area contributed by atoms with Crippen LogP contribution in [0, 0.1) is 5.41 Å². The second-order valence-electron chi connectivity index (χ2n) is 9.03. The predicted molar refractivity (Wildman–Crippen MR) is 136 cm³/mol. The predicted octanol–water partition coefficient (Wildman–Crippen LogP) is 6.36. The SMILES string of the molecule is COc1cc(C=Nn2c(C(C)C)nc3ccc(Br)cc3c2=O)cc(Br)c1OCC(C)(C)C. The fourth-order valence-corrected chi connectivity index (χ4v) is 3.95. The summed E-state index contributed by atoms with van der Waals surface area (Å²) < 4.78 is 14.5. The Morgan fingerprint density at radius 3 is 2.53 bits per heavy atom. The summed E-state index contributed by atoms with van der Waals surface area (Å²) in [6.07, 6.45) is 1.62. The summed E-state index contributed by atoms with van der Waals surface area (Å²) in [6.45, 7) is 10.8. The maximum absolute atomic E-state index is 13.2. The van der Waals surface area contributed by atoms with Gasteiger partial charge in [0.25, 0.3) is 5.56 Å². The van der Waals surface area contributed by atoms with Gasteiger partial charge in [0.15, 0.2) is 11.5 Å². The molecule has 0 aliphatic carbocycles. The standard InChI is InChI=1S/C24H27Br2N3O3/c1-14(2)22-28-19-8-7-16(25)11-17(19)23(30)29(22)27-12-15-9-18(26)21(20(10-15)31-6)32-13-24(3,4)5/h7-12,14H,13H2,1-6H3. The Labute approximate surface area is 204 Å². The molecule has 8 heteroatoms. The van der Waals surface area contributed by atoms with Gasteiger partial charge in [0.05, 0.1) is 35.3 Å². The molecule has 0 fully saturated rings. The van der Waals surface area contributed by atoms with Gasteiger partial charge in [-0.25, -0.2) is 4.98 Å². The molecule has 6 nitrogen and oxygen atoms in total. The lowest BCUT2D eigenvalue weighted by Gasteiger charge is -2.21. The Bertz CT molecular complexity index is 1230. The normalized spacial score (nSPS) is 12.2. The topological polar surface area (TPSA) is 65.7 Å². The monoisotopic (exact) mass is 563 g/mol. The first-order chi connectivity index (χ1) is 15.0. The van der Waals surface area contributed by atoms with Crippen molar-refractivity contribution in [1.29, 1.82) is 0 Å². The van der Waals surface area contributed by atoms with Gasteiger partial charge >= 0.3 is 0 Å². The van der Waals surface area contributed by atoms with Gasteiger partial charge in [0.1, 0.15) is 5.82 Å². The molecule has 1 aromatic heterocycles. The highest BCUT2D eigenvalue weighted by atomic mass is 79.9. The van der Waals surface area contributed by atoms with Crippen LogP contribution in [0.2, 0.25) is 0 Å². The van der Waals surface area contributed by atoms with E-state index in [2.05, 4.69) is 62.7 Å². The van der Waals surface area contributed by atoms with E-state index >= 15 is 0 Å². The molecule has 0 N–H and O–H groups in total. The third-order valence-corrected chi connectivity index (χ3v) is 5.66. The molecule has 2 aromatic carbocycles. The van der Waals surface area contributed by atoms with Gasteiger partial charge in [-0.3, -0.25) is 4.79 Å². The van der Waals surface area contributed by atoms with Crippen LogP contribution in [0.15, 0.2) is 49.2 Å². The molecule has 0 aliphatic heterocycles. The lowest BCUT2D eigenvalue weighted by atomic mass is 9.99. The molecule has 0 spiro atoms. The molecule has 0 bridgehead atoms. The molecule has 0 saturated carbocycles. The van der Waals surface area contributed by atoms with E-state index in [1.54, 1.807) is 19.4 Å². The Kier molecular flexibility index (Phi) is 7.45. The van der Waals surface area contributed by atoms with Crippen LogP contribution < -0.4 is 15.0 Å². The molecule has 0 saturated heterocycles. The van der Waals surface area contributed by atoms with Gasteiger partial charge in [0.2, 0.25) is 0 Å². The van der Waals surface area contributed by atoms with Crippen LogP contribution in [0.1, 0.15) is 51.9 Å². The molecule has 1 heterocycles. The van der Waals surface area contributed by atoms with Crippen molar-refractivity contribution in [3.8, 4) is 11.5 Å². The third-order valence-electron chi connectivity index (χ3n) is 4.57. The average Bonchev–Trinajstić information content (AvgIpc) is 2.71. The van der Waals surface area contributed by atoms with Gasteiger partial charge < -0.3 is 9.47 Å². The minimum atomic E-state index is -0.215. The summed E-state index contributed by atoms with van der Waals surface area (Å²) in [5.74, 6) is 1.83. The van der Waals surface area contributed by atoms with Gasteiger partial charge in [-0.15, -0.1) is 0 Å². The minimum Gasteiger partial charge on any atom is -0.493 e. The highest BCUT2D eigenvalue weighted by molar-refractivity contribution is 9.10. The second kappa shape index (κ2) is 9.75. The van der Waals surface area contributed by atoms with Crippen molar-refractivity contribution in [1.82, 2.24) is 9.66 Å². The van der Waals surface area contributed by atoms with Gasteiger partial charge in [-0.1, -0.05) is 50.5 Å². The van der Waals surface area contributed by atoms with Crippen molar-refractivity contribution in [2.24, 2.45) is 10.5 Å². The largest absolute Gasteiger partial charge is 0.493 e. The van der Waals surface area contributed by atoms with Crippen LogP contribution >= 0.6 is 31.9 Å². The number of methoxy groups -OCH3 is 1. The first kappa shape index (κ1) is 24.5. The van der Waals surface area contributed by atoms with Crippen LogP contribution in [-0.4, -0.2) is 29.6 Å². The third kappa shape index (κ3) is 5.59. The molecule has 0 amide bonds. The van der Waals surface area contributed by atoms with E-state index in [1.807, 2.05) is 38.1 Å². The van der Waals surface area contributed by atoms with Gasteiger partial charge in [-0.05, 0) is 57.2 Å². The number of hydrogen-bond acceptors (Lipinski definition) is 5. The molecular weight excluding hydrogens is 538 g/mol. The first-order valence-corrected chi connectivity index (χ1v) is 11.9. The van der Waals surface area contributed by atoms with Crippen molar-refractivity contribution in [3.63, 3.8) is 0 Å². The Hall–Kier alpha value is -2.19. The highest BCUT2D eigenvalue weighted by Crippen LogP contribution is 2.37. The zero-order valence-electron chi connectivity index (χ0n) is 19.1. The summed E-state index contributed by atoms with van der Waals surface area (Å²) >= 11 is 7.00. The summed E-state index contributed by atoms with van der Waals surface area (Å²) in [5, 5.41) is 5.00. The number of aromatic nitrogens is 2. The molecule has 3 aromatic rings. The van der Waals surface area contributed by atoms with E-state index in [-0.39, 0.29) is 16.9 Å². The lowest BCUT2D eigenvalue weighted by Crippen LogP contribution is -2.23. The second-order valence-corrected chi connectivity index (χ2v) is 10.8. The van der Waals surface area contributed by atoms with Crippen molar-refractivity contribution in [2.45, 2.75) is 40.5 Å². The van der Waals surface area contributed by atoms with Gasteiger partial charge in [0, 0.05) is 10.4 Å². The molecule has 0 radical (unpaired) electrons. The zero-order valence-corrected chi connectivity index (χ0v) is 22.2. The maximum atomic E-state index is 13.2. The van der Waals surface area contributed by atoms with Crippen LogP contribution in [0.4, 0.5) is 0 Å². The quantitative estimate of drug-likeness (QED) is 0.327. The van der Waals surface area contributed by atoms with Crippen molar-refractivity contribution < 1.29 is 9.47 Å². The van der Waals surface area contributed by atoms with E-state index in [9.17, 15) is 4.79 Å². The lowest BCUT2D eigenvalue weighted by molar-refractivity contribution is 0.190. The van der Waals surface area contributed by atoms with Crippen LogP contribution in [0.3, 0.4) is 0 Å². The first-order valence-electron chi connectivity index (χ1n) is 10.3. The van der Waals surface area contributed by atoms with E-state index in [4.69, 9.17) is 9.47 Å². The molecule has 3 rings (SSSR count). The van der Waals surface area contributed by atoms with E-state index < -0.39 is 0 Å². The Morgan fingerprint density at radius 2 is 1.91 bits per heavy atom. The number of halogens is 2. The van der Waals surface area contributed by atoms with Crippen LogP contribution in [0.5, 0.6) is 11.5 Å². The van der Waals surface area contributed by atoms with Gasteiger partial charge in [-0.2, -0.15) is 9.78 Å². The maximum Gasteiger partial charge on any atom is 0.282 e. The number of hydrogen-bond donors (Lipinski definition) is 0. The zero-order chi connectivity index (χ0) is 23.6. The summed E-state index contributed by atoms with van der Waals surface area (Å²) in [7, 11) is 1.60. The number of fused-ring (bicyclic) bond motifs is 1. The summed E-state index contributed by atoms with van der Waals surface area (Å²) in [4.78, 5) is 17.9. The van der Waals surface area contributed by atoms with Crippen molar-refractivity contribution >= 4 is 49.0 Å². The minimum absolute atomic E-state index is 0.0110. The fraction of sp³-hybridized carbons (Fsp3) is 0.375. The smallest absolute Gasteiger partial charge is 0.282 e. The molecule has 170 valence electrons. The highest BCUT2D eigenvalue weighted by Gasteiger charge is 2.17. The molecule has 32 heavy (non-hydrogen) atoms. The molecule has 0 atom stereocenters. The summed E-state index contributed by atoms with van der Waals surface area (Å²) in [6, 6.07) is 9.19. The molecular formula is C24H27Br2N3O3. The summed E-state index contributed by atoms with van der Waals surface area (Å²) in [5.41, 5.74) is 1.20. The van der Waals surface area contributed by atoms with Crippen LogP contribution in [-0.2, 0) is 0 Å². The Morgan fingerprint density at radius 1 is 1.19 bits per heavy atom. The fourth-order valence-electron chi connectivity index (χ4n) is 3.02. The average molecular weight is 565 g/mol. The number of ether oxygens (including phenoxy) is 2. The van der Waals surface area contributed by atoms with E-state index in [1.165, 1.54) is 4.68 Å². The van der Waals surface area contributed by atoms with Crippen molar-refractivity contribution in [2.75, 3.05) is 13.7 Å².